The number of carboxylic acid groups (broad SMARTS) is 1. The van der Waals surface area contributed by atoms with Gasteiger partial charge in [0.25, 0.3) is 5.97 Å². The van der Waals surface area contributed by atoms with Crippen LogP contribution in [-0.4, -0.2) is 32.3 Å². The van der Waals surface area contributed by atoms with Crippen LogP contribution in [0, 0.1) is 16.7 Å². The number of rotatable bonds is 4. The number of nitrogens with zero attached hydrogens (tertiary/aromatic N) is 2. The molecular weight excluding hydrogens is 384 g/mol. The molecule has 0 spiro atoms. The van der Waals surface area contributed by atoms with Gasteiger partial charge in [-0.05, 0) is 18.6 Å². The summed E-state index contributed by atoms with van der Waals surface area (Å²) in [7, 11) is 0. The number of hydrogen-bond donors (Lipinski definition) is 5. The molecular formula is C21H24N6O3. The minimum atomic E-state index is -0.833. The highest BCUT2D eigenvalue weighted by molar-refractivity contribution is 5.95. The molecule has 3 aromatic rings. The Balaban J connectivity index is 0.000000589. The fourth-order valence-electron chi connectivity index (χ4n) is 3.26. The second kappa shape index (κ2) is 8.64. The van der Waals surface area contributed by atoms with Gasteiger partial charge in [-0.3, -0.25) is 15.6 Å². The summed E-state index contributed by atoms with van der Waals surface area (Å²) in [6.07, 6.45) is 3.63. The Morgan fingerprint density at radius 2 is 1.80 bits per heavy atom. The van der Waals surface area contributed by atoms with E-state index in [0.717, 1.165) is 42.6 Å². The third-order valence-corrected chi connectivity index (χ3v) is 4.77. The highest BCUT2D eigenvalue weighted by Gasteiger charge is 2.23. The summed E-state index contributed by atoms with van der Waals surface area (Å²) in [6.45, 7) is 1.78. The number of carboxylic acids is 1. The summed E-state index contributed by atoms with van der Waals surface area (Å²) in [5, 5.41) is 22.5. The number of furan rings is 1. The molecule has 0 bridgehead atoms. The molecule has 2 aromatic heterocycles. The number of aromatic nitrogens is 2. The molecule has 4 rings (SSSR count). The molecule has 3 heterocycles. The second-order valence-electron chi connectivity index (χ2n) is 7.06. The molecule has 156 valence electrons. The predicted molar refractivity (Wildman–Crippen MR) is 113 cm³/mol. The Morgan fingerprint density at radius 3 is 2.40 bits per heavy atom. The van der Waals surface area contributed by atoms with Gasteiger partial charge in [0.05, 0.1) is 5.84 Å². The summed E-state index contributed by atoms with van der Waals surface area (Å²) in [5.41, 5.74) is 13.5. The van der Waals surface area contributed by atoms with Gasteiger partial charge in [-0.15, -0.1) is 0 Å². The lowest BCUT2D eigenvalue weighted by Gasteiger charge is -2.22. The standard InChI is InChI=1S/C19H20N6O.C2H4O2/c20-18(21)12-3-1-11(2-4-12)15-6-7-16(26-15)14-10-25-9-13(19(22)23)5-8-17(25)24-14;1-2(3)4/h1-4,6-7,10,13H,5,8-9H2,(H3,20,21)(H3,22,23);1H3,(H,3,4). The van der Waals surface area contributed by atoms with E-state index in [-0.39, 0.29) is 17.6 Å². The van der Waals surface area contributed by atoms with Crippen LogP contribution in [0.2, 0.25) is 0 Å². The van der Waals surface area contributed by atoms with Crippen LogP contribution in [0.3, 0.4) is 0 Å². The van der Waals surface area contributed by atoms with Crippen molar-refractivity contribution in [3.63, 3.8) is 0 Å². The van der Waals surface area contributed by atoms with E-state index in [0.29, 0.717) is 17.9 Å². The molecule has 0 amide bonds. The molecule has 0 radical (unpaired) electrons. The monoisotopic (exact) mass is 408 g/mol. The van der Waals surface area contributed by atoms with Crippen LogP contribution in [0.1, 0.15) is 24.7 Å². The summed E-state index contributed by atoms with van der Waals surface area (Å²) >= 11 is 0. The molecule has 9 heteroatoms. The number of aryl methyl sites for hydroxylation is 1. The first-order valence-electron chi connectivity index (χ1n) is 9.39. The second-order valence-corrected chi connectivity index (χ2v) is 7.06. The number of hydrogen-bond acceptors (Lipinski definition) is 5. The number of nitrogen functional groups attached to an aromatic ring is 1. The lowest BCUT2D eigenvalue weighted by molar-refractivity contribution is -0.134. The topological polar surface area (TPSA) is 168 Å². The van der Waals surface area contributed by atoms with Gasteiger partial charge in [-0.25, -0.2) is 4.98 Å². The largest absolute Gasteiger partial charge is 0.481 e. The van der Waals surface area contributed by atoms with Crippen molar-refractivity contribution in [2.24, 2.45) is 17.4 Å². The quantitative estimate of drug-likeness (QED) is 0.328. The zero-order valence-electron chi connectivity index (χ0n) is 16.6. The third-order valence-electron chi connectivity index (χ3n) is 4.77. The first-order valence-corrected chi connectivity index (χ1v) is 9.39. The smallest absolute Gasteiger partial charge is 0.300 e. The van der Waals surface area contributed by atoms with Gasteiger partial charge in [0.2, 0.25) is 0 Å². The summed E-state index contributed by atoms with van der Waals surface area (Å²) in [5.74, 6) is 1.97. The SMILES string of the molecule is CC(=O)O.N=C(N)c1ccc(-c2ccc(-c3cn4c(n3)CCC(C(=N)N)C4)o2)cc1. The van der Waals surface area contributed by atoms with Crippen molar-refractivity contribution in [2.75, 3.05) is 0 Å². The first kappa shape index (κ1) is 20.8. The van der Waals surface area contributed by atoms with Crippen LogP contribution < -0.4 is 11.5 Å². The van der Waals surface area contributed by atoms with Crippen molar-refractivity contribution in [2.45, 2.75) is 26.3 Å². The number of imidazole rings is 1. The van der Waals surface area contributed by atoms with Crippen LogP contribution >= 0.6 is 0 Å². The summed E-state index contributed by atoms with van der Waals surface area (Å²) in [4.78, 5) is 13.7. The highest BCUT2D eigenvalue weighted by atomic mass is 16.4. The van der Waals surface area contributed by atoms with Gasteiger partial charge < -0.3 is 25.6 Å². The van der Waals surface area contributed by atoms with Crippen LogP contribution in [0.15, 0.2) is 47.0 Å². The van der Waals surface area contributed by atoms with Crippen LogP contribution in [0.4, 0.5) is 0 Å². The van der Waals surface area contributed by atoms with Crippen molar-refractivity contribution in [3.8, 4) is 22.8 Å². The van der Waals surface area contributed by atoms with Crippen molar-refractivity contribution in [1.29, 1.82) is 10.8 Å². The number of carbonyl (C=O) groups is 1. The zero-order chi connectivity index (χ0) is 21.8. The maximum atomic E-state index is 9.00. The molecule has 1 aromatic carbocycles. The lowest BCUT2D eigenvalue weighted by Crippen LogP contribution is -2.30. The van der Waals surface area contributed by atoms with Crippen molar-refractivity contribution >= 4 is 17.6 Å². The summed E-state index contributed by atoms with van der Waals surface area (Å²) < 4.78 is 8.04. The van der Waals surface area contributed by atoms with Crippen LogP contribution in [-0.2, 0) is 17.8 Å². The Hall–Kier alpha value is -3.88. The number of nitrogens with one attached hydrogen (secondary N) is 2. The van der Waals surface area contributed by atoms with E-state index in [1.165, 1.54) is 0 Å². The number of benzene rings is 1. The number of amidine groups is 2. The van der Waals surface area contributed by atoms with Crippen molar-refractivity contribution in [3.05, 3.63) is 54.0 Å². The fraction of sp³-hybridized carbons (Fsp3) is 0.238. The molecule has 1 unspecified atom stereocenters. The van der Waals surface area contributed by atoms with Crippen LogP contribution in [0.25, 0.3) is 22.8 Å². The average molecular weight is 408 g/mol. The molecule has 1 atom stereocenters. The van der Waals surface area contributed by atoms with E-state index < -0.39 is 5.97 Å². The van der Waals surface area contributed by atoms with E-state index in [4.69, 9.17) is 36.6 Å². The minimum absolute atomic E-state index is 0.0455. The number of aliphatic carboxylic acids is 1. The van der Waals surface area contributed by atoms with Crippen LogP contribution in [0.5, 0.6) is 0 Å². The number of fused-ring (bicyclic) bond motifs is 1. The van der Waals surface area contributed by atoms with E-state index in [9.17, 15) is 0 Å². The van der Waals surface area contributed by atoms with Crippen molar-refractivity contribution in [1.82, 2.24) is 9.55 Å². The minimum Gasteiger partial charge on any atom is -0.481 e. The summed E-state index contributed by atoms with van der Waals surface area (Å²) in [6, 6.07) is 11.2. The Kier molecular flexibility index (Phi) is 6.01. The zero-order valence-corrected chi connectivity index (χ0v) is 16.6. The van der Waals surface area contributed by atoms with Gasteiger partial charge in [0.15, 0.2) is 5.76 Å². The average Bonchev–Trinajstić information content (AvgIpc) is 3.34. The maximum Gasteiger partial charge on any atom is 0.300 e. The fourth-order valence-corrected chi connectivity index (χ4v) is 3.26. The molecule has 7 N–H and O–H groups in total. The predicted octanol–water partition coefficient (Wildman–Crippen LogP) is 2.68. The third kappa shape index (κ3) is 4.75. The number of nitrogens with two attached hydrogens (primary N) is 2. The Bertz CT molecular complexity index is 1080. The maximum absolute atomic E-state index is 9.00. The first-order chi connectivity index (χ1) is 14.2. The van der Waals surface area contributed by atoms with Gasteiger partial charge in [-0.1, -0.05) is 24.3 Å². The normalized spacial score (nSPS) is 14.9. The van der Waals surface area contributed by atoms with Gasteiger partial charge in [0.1, 0.15) is 23.1 Å². The van der Waals surface area contributed by atoms with E-state index in [2.05, 4.69) is 9.55 Å². The Labute approximate surface area is 173 Å². The molecule has 9 nitrogen and oxygen atoms in total. The van der Waals surface area contributed by atoms with Gasteiger partial charge >= 0.3 is 0 Å². The molecule has 1 aliphatic heterocycles. The molecule has 0 saturated carbocycles. The van der Waals surface area contributed by atoms with E-state index in [1.807, 2.05) is 30.5 Å². The Morgan fingerprint density at radius 1 is 1.17 bits per heavy atom. The molecule has 30 heavy (non-hydrogen) atoms. The van der Waals surface area contributed by atoms with Gasteiger partial charge in [-0.2, -0.15) is 0 Å². The molecule has 0 aliphatic carbocycles. The highest BCUT2D eigenvalue weighted by Crippen LogP contribution is 2.30. The molecule has 0 fully saturated rings. The molecule has 1 aliphatic rings. The van der Waals surface area contributed by atoms with E-state index in [1.54, 1.807) is 12.1 Å². The molecule has 0 saturated heterocycles. The van der Waals surface area contributed by atoms with Crippen molar-refractivity contribution < 1.29 is 14.3 Å². The van der Waals surface area contributed by atoms with E-state index >= 15 is 0 Å². The van der Waals surface area contributed by atoms with Gasteiger partial charge in [0, 0.05) is 43.1 Å². The lowest BCUT2D eigenvalue weighted by atomic mass is 9.99.